The predicted octanol–water partition coefficient (Wildman–Crippen LogP) is 2.56. The van der Waals surface area contributed by atoms with Gasteiger partial charge in [0.15, 0.2) is 11.6 Å². The molecular weight excluding hydrogens is 368 g/mol. The second-order valence-electron chi connectivity index (χ2n) is 7.62. The van der Waals surface area contributed by atoms with E-state index in [4.69, 9.17) is 11.6 Å². The Labute approximate surface area is 176 Å². The number of amides is 1. The Morgan fingerprint density at radius 1 is 1.41 bits per heavy atom. The summed E-state index contributed by atoms with van der Waals surface area (Å²) in [6, 6.07) is 5.27. The highest BCUT2D eigenvalue weighted by Gasteiger charge is 2.30. The maximum absolute atomic E-state index is 12.0. The quantitative estimate of drug-likeness (QED) is 0.661. The number of fused-ring (bicyclic) bond motifs is 1. The first-order valence-electron chi connectivity index (χ1n) is 12.3. The minimum atomic E-state index is -2.73. The number of aromatic nitrogens is 4. The standard InChI is InChI=1S/C21H26N6O2/c1-3-26-8-7-16(26)13-29-18-12-22-25(2)20(18)15-6-9-27-17(10-15)11-19(24-27)23-21(28)14-4-5-14/h6,9-12,14,16H,3-5,7-8,13H2,1-2H3,(H,23,24,28)/t16-/m1/s1/i1D3,3D2. The summed E-state index contributed by atoms with van der Waals surface area (Å²) in [6.07, 6.45) is 5.89. The number of anilines is 1. The molecule has 1 atom stereocenters. The van der Waals surface area contributed by atoms with Crippen LogP contribution in [0.15, 0.2) is 30.6 Å². The maximum atomic E-state index is 12.0. The molecule has 3 aromatic rings. The number of nitrogens with one attached hydrogen (secondary N) is 1. The van der Waals surface area contributed by atoms with Crippen molar-refractivity contribution < 1.29 is 16.4 Å². The van der Waals surface area contributed by atoms with Crippen LogP contribution in [0.2, 0.25) is 0 Å². The van der Waals surface area contributed by atoms with Crippen LogP contribution in [0.1, 0.15) is 33.0 Å². The van der Waals surface area contributed by atoms with E-state index in [-0.39, 0.29) is 24.5 Å². The van der Waals surface area contributed by atoms with Crippen molar-refractivity contribution in [2.75, 3.05) is 25.0 Å². The van der Waals surface area contributed by atoms with E-state index in [1.54, 1.807) is 28.6 Å². The van der Waals surface area contributed by atoms with E-state index in [1.807, 2.05) is 18.2 Å². The average molecular weight is 400 g/mol. The number of hydrogen-bond donors (Lipinski definition) is 1. The molecule has 152 valence electrons. The van der Waals surface area contributed by atoms with Crippen molar-refractivity contribution >= 4 is 17.2 Å². The van der Waals surface area contributed by atoms with Crippen LogP contribution in [-0.4, -0.2) is 55.9 Å². The fourth-order valence-electron chi connectivity index (χ4n) is 3.58. The van der Waals surface area contributed by atoms with Crippen molar-refractivity contribution in [3.8, 4) is 17.0 Å². The van der Waals surface area contributed by atoms with Crippen LogP contribution in [0.5, 0.6) is 5.75 Å². The molecule has 1 amide bonds. The number of likely N-dealkylation sites (N-methyl/N-ethyl adjacent to an activating group) is 1. The number of pyridine rings is 1. The summed E-state index contributed by atoms with van der Waals surface area (Å²) in [5.74, 6) is 1.12. The van der Waals surface area contributed by atoms with Gasteiger partial charge in [-0.15, -0.1) is 0 Å². The summed E-state index contributed by atoms with van der Waals surface area (Å²) >= 11 is 0. The molecule has 0 unspecified atom stereocenters. The minimum absolute atomic E-state index is 0.00106. The fourth-order valence-corrected chi connectivity index (χ4v) is 3.58. The average Bonchev–Trinajstić information content (AvgIpc) is 3.41. The molecule has 3 aromatic heterocycles. The number of nitrogens with zero attached hydrogens (tertiary/aromatic N) is 5. The summed E-state index contributed by atoms with van der Waals surface area (Å²) in [7, 11) is 1.80. The third-order valence-corrected chi connectivity index (χ3v) is 5.56. The molecule has 8 nitrogen and oxygen atoms in total. The second kappa shape index (κ2) is 7.18. The largest absolute Gasteiger partial charge is 0.488 e. The molecule has 4 heterocycles. The Morgan fingerprint density at radius 2 is 2.31 bits per heavy atom. The smallest absolute Gasteiger partial charge is 0.228 e. The lowest BCUT2D eigenvalue weighted by molar-refractivity contribution is -0.117. The van der Waals surface area contributed by atoms with Gasteiger partial charge in [0, 0.05) is 50.2 Å². The predicted molar refractivity (Wildman–Crippen MR) is 110 cm³/mol. The number of aryl methyl sites for hydroxylation is 1. The minimum Gasteiger partial charge on any atom is -0.488 e. The van der Waals surface area contributed by atoms with Gasteiger partial charge < -0.3 is 10.1 Å². The van der Waals surface area contributed by atoms with E-state index in [0.717, 1.165) is 29.6 Å². The Balaban J connectivity index is 1.32. The molecule has 1 saturated heterocycles. The zero-order valence-corrected chi connectivity index (χ0v) is 16.1. The SMILES string of the molecule is [2H]C([2H])([2H])C([2H])([2H])N1CC[C@@H]1COc1cnn(C)c1-c1ccn2nc(NC(=O)C3CC3)cc2c1. The molecule has 1 saturated carbocycles. The fraction of sp³-hybridized carbons (Fsp3) is 0.476. The van der Waals surface area contributed by atoms with Crippen LogP contribution in [0, 0.1) is 5.92 Å². The highest BCUT2D eigenvalue weighted by molar-refractivity contribution is 5.93. The van der Waals surface area contributed by atoms with E-state index >= 15 is 0 Å². The summed E-state index contributed by atoms with van der Waals surface area (Å²) in [5.41, 5.74) is 2.37. The van der Waals surface area contributed by atoms with E-state index in [1.165, 1.54) is 4.90 Å². The zero-order chi connectivity index (χ0) is 24.3. The Hall–Kier alpha value is -2.87. The maximum Gasteiger partial charge on any atom is 0.228 e. The van der Waals surface area contributed by atoms with Crippen molar-refractivity contribution in [1.29, 1.82) is 0 Å². The van der Waals surface area contributed by atoms with Crippen molar-refractivity contribution in [3.63, 3.8) is 0 Å². The van der Waals surface area contributed by atoms with E-state index in [0.29, 0.717) is 24.5 Å². The normalized spacial score (nSPS) is 22.8. The van der Waals surface area contributed by atoms with Gasteiger partial charge in [-0.05, 0) is 37.9 Å². The second-order valence-corrected chi connectivity index (χ2v) is 7.62. The Bertz CT molecular complexity index is 1230. The monoisotopic (exact) mass is 399 g/mol. The van der Waals surface area contributed by atoms with Gasteiger partial charge >= 0.3 is 0 Å². The van der Waals surface area contributed by atoms with Crippen LogP contribution < -0.4 is 10.1 Å². The Morgan fingerprint density at radius 3 is 3.07 bits per heavy atom. The molecule has 5 rings (SSSR count). The van der Waals surface area contributed by atoms with Crippen LogP contribution >= 0.6 is 0 Å². The van der Waals surface area contributed by atoms with E-state index in [9.17, 15) is 4.79 Å². The lowest BCUT2D eigenvalue weighted by Gasteiger charge is -2.39. The molecule has 29 heavy (non-hydrogen) atoms. The molecule has 2 aliphatic rings. The number of ether oxygens (including phenoxy) is 1. The molecule has 1 aliphatic carbocycles. The van der Waals surface area contributed by atoms with Gasteiger partial charge in [-0.2, -0.15) is 10.2 Å². The highest BCUT2D eigenvalue weighted by Crippen LogP contribution is 2.32. The molecule has 1 aliphatic heterocycles. The van der Waals surface area contributed by atoms with E-state index in [2.05, 4.69) is 15.5 Å². The van der Waals surface area contributed by atoms with Gasteiger partial charge in [-0.3, -0.25) is 14.4 Å². The van der Waals surface area contributed by atoms with Gasteiger partial charge in [0.1, 0.15) is 12.3 Å². The highest BCUT2D eigenvalue weighted by atomic mass is 16.5. The molecular formula is C21H26N6O2. The van der Waals surface area contributed by atoms with Gasteiger partial charge in [0.2, 0.25) is 5.91 Å². The molecule has 8 heteroatoms. The lowest BCUT2D eigenvalue weighted by atomic mass is 10.0. The molecule has 2 fully saturated rings. The van der Waals surface area contributed by atoms with Gasteiger partial charge in [0.25, 0.3) is 0 Å². The van der Waals surface area contributed by atoms with Crippen LogP contribution in [0.25, 0.3) is 16.8 Å². The number of rotatable bonds is 7. The summed E-state index contributed by atoms with van der Waals surface area (Å²) < 4.78 is 47.9. The summed E-state index contributed by atoms with van der Waals surface area (Å²) in [5, 5.41) is 11.6. The number of carbonyl (C=O) groups is 1. The number of likely N-dealkylation sites (tertiary alicyclic amines) is 1. The third-order valence-electron chi connectivity index (χ3n) is 5.56. The van der Waals surface area contributed by atoms with Crippen LogP contribution in [-0.2, 0) is 11.8 Å². The molecule has 1 N–H and O–H groups in total. The number of hydrogen-bond acceptors (Lipinski definition) is 5. The first kappa shape index (κ1) is 13.4. The topological polar surface area (TPSA) is 76.7 Å². The number of carbonyl (C=O) groups excluding carboxylic acids is 1. The van der Waals surface area contributed by atoms with E-state index < -0.39 is 13.3 Å². The lowest BCUT2D eigenvalue weighted by Crippen LogP contribution is -2.50. The summed E-state index contributed by atoms with van der Waals surface area (Å²) in [4.78, 5) is 13.4. The molecule has 0 spiro atoms. The Kier molecular flexibility index (Phi) is 3.31. The van der Waals surface area contributed by atoms with Gasteiger partial charge in [-0.1, -0.05) is 6.85 Å². The van der Waals surface area contributed by atoms with Gasteiger partial charge in [0.05, 0.1) is 11.7 Å². The third kappa shape index (κ3) is 3.48. The first-order valence-corrected chi connectivity index (χ1v) is 9.77. The summed E-state index contributed by atoms with van der Waals surface area (Å²) in [6.45, 7) is -4.61. The first-order chi connectivity index (χ1) is 16.0. The molecule has 0 aromatic carbocycles. The molecule has 0 bridgehead atoms. The van der Waals surface area contributed by atoms with Crippen molar-refractivity contribution in [1.82, 2.24) is 24.3 Å². The zero-order valence-electron chi connectivity index (χ0n) is 21.1. The van der Waals surface area contributed by atoms with Gasteiger partial charge in [-0.25, -0.2) is 4.52 Å². The van der Waals surface area contributed by atoms with Crippen molar-refractivity contribution in [3.05, 3.63) is 30.6 Å². The van der Waals surface area contributed by atoms with Crippen LogP contribution in [0.4, 0.5) is 5.82 Å². The van der Waals surface area contributed by atoms with Crippen molar-refractivity contribution in [2.24, 2.45) is 13.0 Å². The van der Waals surface area contributed by atoms with Crippen LogP contribution in [0.3, 0.4) is 0 Å². The molecule has 0 radical (unpaired) electrons. The van der Waals surface area contributed by atoms with Crippen molar-refractivity contribution in [2.45, 2.75) is 32.2 Å².